The summed E-state index contributed by atoms with van der Waals surface area (Å²) in [6.45, 7) is 0.304. The molecule has 2 unspecified atom stereocenters. The molecule has 1 saturated carbocycles. The highest BCUT2D eigenvalue weighted by Crippen LogP contribution is 2.42. The van der Waals surface area contributed by atoms with E-state index in [1.165, 1.54) is 12.8 Å². The molecular weight excluding hydrogens is 238 g/mol. The third-order valence-electron chi connectivity index (χ3n) is 4.60. The molecular formula is C16H19NO2. The van der Waals surface area contributed by atoms with E-state index in [0.29, 0.717) is 13.0 Å². The number of para-hydroxylation sites is 1. The molecule has 1 aromatic carbocycles. The lowest BCUT2D eigenvalue weighted by molar-refractivity contribution is -0.0182. The van der Waals surface area contributed by atoms with Crippen molar-refractivity contribution in [3.63, 3.8) is 0 Å². The van der Waals surface area contributed by atoms with Gasteiger partial charge in [-0.2, -0.15) is 5.26 Å². The highest BCUT2D eigenvalue weighted by Gasteiger charge is 2.46. The molecule has 1 N–H and O–H groups in total. The summed E-state index contributed by atoms with van der Waals surface area (Å²) in [5, 5.41) is 20.3. The van der Waals surface area contributed by atoms with Crippen LogP contribution in [0, 0.1) is 22.7 Å². The molecule has 0 aromatic heterocycles. The van der Waals surface area contributed by atoms with Crippen LogP contribution in [0.3, 0.4) is 0 Å². The van der Waals surface area contributed by atoms with Gasteiger partial charge in [0.1, 0.15) is 17.8 Å². The van der Waals surface area contributed by atoms with Crippen molar-refractivity contribution in [2.45, 2.75) is 38.2 Å². The lowest BCUT2D eigenvalue weighted by Crippen LogP contribution is -2.46. The van der Waals surface area contributed by atoms with Crippen LogP contribution in [-0.2, 0) is 6.42 Å². The van der Waals surface area contributed by atoms with Crippen molar-refractivity contribution in [1.82, 2.24) is 0 Å². The molecule has 0 radical (unpaired) electrons. The first kappa shape index (κ1) is 12.5. The maximum Gasteiger partial charge on any atom is 0.122 e. The second kappa shape index (κ2) is 4.86. The van der Waals surface area contributed by atoms with E-state index < -0.39 is 11.5 Å². The fourth-order valence-corrected chi connectivity index (χ4v) is 3.44. The van der Waals surface area contributed by atoms with Crippen molar-refractivity contribution >= 4 is 0 Å². The van der Waals surface area contributed by atoms with Crippen molar-refractivity contribution in [1.29, 1.82) is 5.26 Å². The van der Waals surface area contributed by atoms with E-state index >= 15 is 0 Å². The Morgan fingerprint density at radius 1 is 1.32 bits per heavy atom. The van der Waals surface area contributed by atoms with Gasteiger partial charge in [0.2, 0.25) is 0 Å². The van der Waals surface area contributed by atoms with Crippen molar-refractivity contribution < 1.29 is 9.84 Å². The standard InChI is InChI=1S/C16H19NO2/c17-10-16(15(18)12-5-1-2-6-12)9-13-7-3-4-8-14(13)19-11-16/h3-4,7-8,12,15,18H,1-2,5-6,9,11H2. The van der Waals surface area contributed by atoms with Gasteiger partial charge in [0.25, 0.3) is 0 Å². The predicted octanol–water partition coefficient (Wildman–Crippen LogP) is 2.68. The molecule has 2 aliphatic rings. The summed E-state index contributed by atoms with van der Waals surface area (Å²) in [5.74, 6) is 1.11. The molecule has 2 atom stereocenters. The van der Waals surface area contributed by atoms with Crippen LogP contribution in [0.25, 0.3) is 0 Å². The summed E-state index contributed by atoms with van der Waals surface area (Å²) in [4.78, 5) is 0. The Morgan fingerprint density at radius 2 is 2.05 bits per heavy atom. The fraction of sp³-hybridized carbons (Fsp3) is 0.562. The molecule has 100 valence electrons. The number of fused-ring (bicyclic) bond motifs is 1. The molecule has 1 aliphatic carbocycles. The van der Waals surface area contributed by atoms with Gasteiger partial charge in [0.15, 0.2) is 0 Å². The van der Waals surface area contributed by atoms with E-state index in [-0.39, 0.29) is 5.92 Å². The van der Waals surface area contributed by atoms with Crippen molar-refractivity contribution in [2.24, 2.45) is 11.3 Å². The Morgan fingerprint density at radius 3 is 2.79 bits per heavy atom. The number of rotatable bonds is 2. The molecule has 1 heterocycles. The highest BCUT2D eigenvalue weighted by molar-refractivity contribution is 5.38. The topological polar surface area (TPSA) is 53.2 Å². The number of benzene rings is 1. The smallest absolute Gasteiger partial charge is 0.122 e. The Balaban J connectivity index is 1.87. The minimum Gasteiger partial charge on any atom is -0.492 e. The minimum absolute atomic E-state index is 0.258. The number of hydrogen-bond acceptors (Lipinski definition) is 3. The normalized spacial score (nSPS) is 28.2. The van der Waals surface area contributed by atoms with Crippen LogP contribution in [0.4, 0.5) is 0 Å². The second-order valence-corrected chi connectivity index (χ2v) is 5.83. The van der Waals surface area contributed by atoms with Gasteiger partial charge in [-0.25, -0.2) is 0 Å². The monoisotopic (exact) mass is 257 g/mol. The van der Waals surface area contributed by atoms with Crippen LogP contribution in [0.5, 0.6) is 5.75 Å². The summed E-state index contributed by atoms with van der Waals surface area (Å²) in [5.41, 5.74) is 0.260. The van der Waals surface area contributed by atoms with Gasteiger partial charge < -0.3 is 9.84 Å². The largest absolute Gasteiger partial charge is 0.492 e. The van der Waals surface area contributed by atoms with Gasteiger partial charge in [-0.1, -0.05) is 31.0 Å². The average molecular weight is 257 g/mol. The van der Waals surface area contributed by atoms with E-state index in [4.69, 9.17) is 4.74 Å². The summed E-state index contributed by atoms with van der Waals surface area (Å²) < 4.78 is 5.73. The van der Waals surface area contributed by atoms with E-state index in [1.54, 1.807) is 0 Å². The zero-order chi connectivity index (χ0) is 13.3. The Hall–Kier alpha value is -1.53. The summed E-state index contributed by atoms with van der Waals surface area (Å²) in [6.07, 6.45) is 4.42. The van der Waals surface area contributed by atoms with Crippen molar-refractivity contribution in [3.05, 3.63) is 29.8 Å². The third-order valence-corrected chi connectivity index (χ3v) is 4.60. The summed E-state index contributed by atoms with van der Waals surface area (Å²) in [6, 6.07) is 10.2. The van der Waals surface area contributed by atoms with Gasteiger partial charge >= 0.3 is 0 Å². The first-order valence-electron chi connectivity index (χ1n) is 7.05. The SMILES string of the molecule is N#CC1(C(O)C2CCCC2)COc2ccccc2C1. The minimum atomic E-state index is -0.774. The van der Waals surface area contributed by atoms with E-state index in [9.17, 15) is 10.4 Å². The van der Waals surface area contributed by atoms with Gasteiger partial charge in [0.05, 0.1) is 12.2 Å². The van der Waals surface area contributed by atoms with Crippen molar-refractivity contribution in [3.8, 4) is 11.8 Å². The summed E-state index contributed by atoms with van der Waals surface area (Å²) >= 11 is 0. The molecule has 3 rings (SSSR count). The van der Waals surface area contributed by atoms with Gasteiger partial charge in [-0.3, -0.25) is 0 Å². The van der Waals surface area contributed by atoms with Crippen LogP contribution >= 0.6 is 0 Å². The molecule has 0 bridgehead atoms. The zero-order valence-electron chi connectivity index (χ0n) is 11.0. The molecule has 0 amide bonds. The predicted molar refractivity (Wildman–Crippen MR) is 71.7 cm³/mol. The van der Waals surface area contributed by atoms with Crippen LogP contribution in [0.1, 0.15) is 31.2 Å². The van der Waals surface area contributed by atoms with Crippen LogP contribution in [0.2, 0.25) is 0 Å². The molecule has 1 aliphatic heterocycles. The lowest BCUT2D eigenvalue weighted by atomic mass is 9.72. The van der Waals surface area contributed by atoms with E-state index in [1.807, 2.05) is 24.3 Å². The molecule has 19 heavy (non-hydrogen) atoms. The van der Waals surface area contributed by atoms with Crippen LogP contribution in [0.15, 0.2) is 24.3 Å². The lowest BCUT2D eigenvalue weighted by Gasteiger charge is -2.38. The van der Waals surface area contributed by atoms with Gasteiger partial charge in [0, 0.05) is 6.42 Å². The number of aliphatic hydroxyl groups is 1. The number of nitrogens with zero attached hydrogens (tertiary/aromatic N) is 1. The van der Waals surface area contributed by atoms with E-state index in [2.05, 4.69) is 6.07 Å². The number of ether oxygens (including phenoxy) is 1. The highest BCUT2D eigenvalue weighted by atomic mass is 16.5. The van der Waals surface area contributed by atoms with Crippen LogP contribution in [-0.4, -0.2) is 17.8 Å². The molecule has 1 aromatic rings. The first-order chi connectivity index (χ1) is 9.25. The maximum absolute atomic E-state index is 10.6. The third kappa shape index (κ3) is 2.11. The molecule has 0 saturated heterocycles. The Labute approximate surface area is 113 Å². The Bertz CT molecular complexity index is 502. The molecule has 0 spiro atoms. The fourth-order valence-electron chi connectivity index (χ4n) is 3.44. The first-order valence-corrected chi connectivity index (χ1v) is 7.05. The van der Waals surface area contributed by atoms with Gasteiger partial charge in [-0.05, 0) is 30.4 Å². The molecule has 3 heteroatoms. The van der Waals surface area contributed by atoms with Crippen LogP contribution < -0.4 is 4.74 Å². The molecule has 3 nitrogen and oxygen atoms in total. The second-order valence-electron chi connectivity index (χ2n) is 5.83. The zero-order valence-corrected chi connectivity index (χ0v) is 11.0. The number of aliphatic hydroxyl groups excluding tert-OH is 1. The number of nitriles is 1. The molecule has 1 fully saturated rings. The maximum atomic E-state index is 10.6. The Kier molecular flexibility index (Phi) is 3.20. The quantitative estimate of drug-likeness (QED) is 0.886. The van der Waals surface area contributed by atoms with Gasteiger partial charge in [-0.15, -0.1) is 0 Å². The number of hydrogen-bond donors (Lipinski definition) is 1. The van der Waals surface area contributed by atoms with Crippen molar-refractivity contribution in [2.75, 3.05) is 6.61 Å². The van der Waals surface area contributed by atoms with E-state index in [0.717, 1.165) is 24.2 Å². The average Bonchev–Trinajstić information content (AvgIpc) is 3.00. The summed E-state index contributed by atoms with van der Waals surface area (Å²) in [7, 11) is 0.